The molecule has 2 heteroatoms. The lowest BCUT2D eigenvalue weighted by Crippen LogP contribution is -2.30. The summed E-state index contributed by atoms with van der Waals surface area (Å²) in [6, 6.07) is 0. The Morgan fingerprint density at radius 1 is 1.00 bits per heavy atom. The molecule has 0 amide bonds. The SMILES string of the molecule is CCCOCCC(C)(C)CC(C)(C)CN. The Labute approximate surface area is 95.6 Å². The number of hydrogen-bond donors (Lipinski definition) is 1. The molecule has 0 unspecified atom stereocenters. The van der Waals surface area contributed by atoms with Gasteiger partial charge in [0, 0.05) is 13.2 Å². The van der Waals surface area contributed by atoms with E-state index >= 15 is 0 Å². The minimum atomic E-state index is 0.244. The standard InChI is InChI=1S/C13H29NO/c1-6-8-15-9-7-12(2,3)10-13(4,5)11-14/h6-11,14H2,1-5H3. The summed E-state index contributed by atoms with van der Waals surface area (Å²) in [5.74, 6) is 0. The molecule has 0 aliphatic rings. The van der Waals surface area contributed by atoms with Crippen molar-refractivity contribution in [2.24, 2.45) is 16.6 Å². The lowest BCUT2D eigenvalue weighted by Gasteiger charge is -2.34. The van der Waals surface area contributed by atoms with Crippen molar-refractivity contribution in [1.29, 1.82) is 0 Å². The topological polar surface area (TPSA) is 35.2 Å². The molecule has 15 heavy (non-hydrogen) atoms. The van der Waals surface area contributed by atoms with Crippen LogP contribution in [0.3, 0.4) is 0 Å². The summed E-state index contributed by atoms with van der Waals surface area (Å²) in [6.45, 7) is 13.7. The second-order valence-electron chi connectivity index (χ2n) is 6.07. The fourth-order valence-corrected chi connectivity index (χ4v) is 2.05. The van der Waals surface area contributed by atoms with E-state index in [0.717, 1.165) is 39.0 Å². The maximum Gasteiger partial charge on any atom is 0.0471 e. The third kappa shape index (κ3) is 7.80. The lowest BCUT2D eigenvalue weighted by molar-refractivity contribution is 0.0866. The molecule has 0 saturated carbocycles. The van der Waals surface area contributed by atoms with Crippen LogP contribution in [0.25, 0.3) is 0 Å². The third-order valence-corrected chi connectivity index (χ3v) is 2.78. The van der Waals surface area contributed by atoms with Crippen molar-refractivity contribution in [2.45, 2.75) is 53.9 Å². The van der Waals surface area contributed by atoms with Gasteiger partial charge in [0.05, 0.1) is 0 Å². The first-order valence-electron chi connectivity index (χ1n) is 6.11. The molecule has 0 rings (SSSR count). The minimum absolute atomic E-state index is 0.244. The molecular weight excluding hydrogens is 186 g/mol. The Kier molecular flexibility index (Phi) is 6.46. The van der Waals surface area contributed by atoms with E-state index in [1.807, 2.05) is 0 Å². The second-order valence-corrected chi connectivity index (χ2v) is 6.07. The number of hydrogen-bond acceptors (Lipinski definition) is 2. The van der Waals surface area contributed by atoms with Crippen LogP contribution in [0, 0.1) is 10.8 Å². The van der Waals surface area contributed by atoms with Gasteiger partial charge in [-0.25, -0.2) is 0 Å². The summed E-state index contributed by atoms with van der Waals surface area (Å²) >= 11 is 0. The zero-order chi connectivity index (χ0) is 11.9. The fraction of sp³-hybridized carbons (Fsp3) is 1.00. The summed E-state index contributed by atoms with van der Waals surface area (Å²) in [5.41, 5.74) is 6.33. The Morgan fingerprint density at radius 2 is 1.60 bits per heavy atom. The molecule has 0 spiro atoms. The average Bonchev–Trinajstić information content (AvgIpc) is 2.11. The Bertz CT molecular complexity index is 164. The Balaban J connectivity index is 3.85. The molecule has 0 aliphatic carbocycles. The van der Waals surface area contributed by atoms with Gasteiger partial charge in [-0.2, -0.15) is 0 Å². The van der Waals surface area contributed by atoms with Crippen molar-refractivity contribution in [3.05, 3.63) is 0 Å². The van der Waals surface area contributed by atoms with E-state index in [1.165, 1.54) is 0 Å². The van der Waals surface area contributed by atoms with E-state index in [0.29, 0.717) is 5.41 Å². The first-order chi connectivity index (χ1) is 6.83. The van der Waals surface area contributed by atoms with Crippen molar-refractivity contribution in [1.82, 2.24) is 0 Å². The highest BCUT2D eigenvalue weighted by atomic mass is 16.5. The summed E-state index contributed by atoms with van der Waals surface area (Å²) in [4.78, 5) is 0. The predicted octanol–water partition coefficient (Wildman–Crippen LogP) is 3.20. The van der Waals surface area contributed by atoms with Crippen molar-refractivity contribution < 1.29 is 4.74 Å². The van der Waals surface area contributed by atoms with Gasteiger partial charge in [-0.05, 0) is 36.6 Å². The van der Waals surface area contributed by atoms with Crippen LogP contribution in [0.15, 0.2) is 0 Å². The van der Waals surface area contributed by atoms with Crippen LogP contribution in [0.2, 0.25) is 0 Å². The molecule has 0 aliphatic heterocycles. The van der Waals surface area contributed by atoms with Crippen LogP contribution in [-0.2, 0) is 4.74 Å². The van der Waals surface area contributed by atoms with Crippen LogP contribution in [0.5, 0.6) is 0 Å². The fourth-order valence-electron chi connectivity index (χ4n) is 2.05. The molecule has 0 atom stereocenters. The molecule has 2 nitrogen and oxygen atoms in total. The molecule has 0 saturated heterocycles. The largest absolute Gasteiger partial charge is 0.381 e. The zero-order valence-electron chi connectivity index (χ0n) is 11.2. The first-order valence-corrected chi connectivity index (χ1v) is 6.11. The average molecular weight is 215 g/mol. The van der Waals surface area contributed by atoms with E-state index in [4.69, 9.17) is 10.5 Å². The summed E-state index contributed by atoms with van der Waals surface area (Å²) in [7, 11) is 0. The number of rotatable bonds is 8. The second kappa shape index (κ2) is 6.49. The highest BCUT2D eigenvalue weighted by molar-refractivity contribution is 4.79. The molecule has 2 N–H and O–H groups in total. The molecule has 0 aromatic rings. The molecule has 0 radical (unpaired) electrons. The van der Waals surface area contributed by atoms with E-state index in [2.05, 4.69) is 34.6 Å². The quantitative estimate of drug-likeness (QED) is 0.631. The van der Waals surface area contributed by atoms with Crippen LogP contribution in [0.4, 0.5) is 0 Å². The van der Waals surface area contributed by atoms with E-state index in [-0.39, 0.29) is 5.41 Å². The maximum absolute atomic E-state index is 5.76. The summed E-state index contributed by atoms with van der Waals surface area (Å²) in [5, 5.41) is 0. The normalized spacial score (nSPS) is 13.2. The number of ether oxygens (including phenoxy) is 1. The van der Waals surface area contributed by atoms with Crippen molar-refractivity contribution in [3.63, 3.8) is 0 Å². The highest BCUT2D eigenvalue weighted by Crippen LogP contribution is 2.35. The van der Waals surface area contributed by atoms with Gasteiger partial charge in [0.1, 0.15) is 0 Å². The Hall–Kier alpha value is -0.0800. The van der Waals surface area contributed by atoms with E-state index in [1.54, 1.807) is 0 Å². The summed E-state index contributed by atoms with van der Waals surface area (Å²) < 4.78 is 5.54. The van der Waals surface area contributed by atoms with Crippen LogP contribution in [0.1, 0.15) is 53.9 Å². The van der Waals surface area contributed by atoms with Gasteiger partial charge in [-0.1, -0.05) is 34.6 Å². The summed E-state index contributed by atoms with van der Waals surface area (Å²) in [6.07, 6.45) is 3.39. The zero-order valence-corrected chi connectivity index (χ0v) is 11.2. The van der Waals surface area contributed by atoms with Crippen molar-refractivity contribution in [3.8, 4) is 0 Å². The van der Waals surface area contributed by atoms with Crippen LogP contribution >= 0.6 is 0 Å². The van der Waals surface area contributed by atoms with Crippen LogP contribution in [-0.4, -0.2) is 19.8 Å². The van der Waals surface area contributed by atoms with E-state index in [9.17, 15) is 0 Å². The third-order valence-electron chi connectivity index (χ3n) is 2.78. The highest BCUT2D eigenvalue weighted by Gasteiger charge is 2.27. The number of nitrogens with two attached hydrogens (primary N) is 1. The van der Waals surface area contributed by atoms with Gasteiger partial charge >= 0.3 is 0 Å². The molecule has 0 aromatic heterocycles. The van der Waals surface area contributed by atoms with Gasteiger partial charge in [0.25, 0.3) is 0 Å². The molecular formula is C13H29NO. The van der Waals surface area contributed by atoms with Crippen LogP contribution < -0.4 is 5.73 Å². The molecule has 0 bridgehead atoms. The van der Waals surface area contributed by atoms with E-state index < -0.39 is 0 Å². The van der Waals surface area contributed by atoms with Gasteiger partial charge in [0.15, 0.2) is 0 Å². The van der Waals surface area contributed by atoms with Gasteiger partial charge in [0.2, 0.25) is 0 Å². The first kappa shape index (κ1) is 14.9. The van der Waals surface area contributed by atoms with Gasteiger partial charge in [-0.3, -0.25) is 0 Å². The molecule has 92 valence electrons. The molecule has 0 fully saturated rings. The predicted molar refractivity (Wildman–Crippen MR) is 67.0 cm³/mol. The molecule has 0 aromatic carbocycles. The maximum atomic E-state index is 5.76. The monoisotopic (exact) mass is 215 g/mol. The molecule has 0 heterocycles. The van der Waals surface area contributed by atoms with Crippen molar-refractivity contribution >= 4 is 0 Å². The Morgan fingerprint density at radius 3 is 2.07 bits per heavy atom. The van der Waals surface area contributed by atoms with Gasteiger partial charge in [-0.15, -0.1) is 0 Å². The minimum Gasteiger partial charge on any atom is -0.381 e. The lowest BCUT2D eigenvalue weighted by atomic mass is 9.73. The van der Waals surface area contributed by atoms with Crippen molar-refractivity contribution in [2.75, 3.05) is 19.8 Å². The smallest absolute Gasteiger partial charge is 0.0471 e. The van der Waals surface area contributed by atoms with Gasteiger partial charge < -0.3 is 10.5 Å².